The molecule has 0 aliphatic carbocycles. The lowest BCUT2D eigenvalue weighted by Gasteiger charge is -2.14. The van der Waals surface area contributed by atoms with E-state index in [4.69, 9.17) is 0 Å². The van der Waals surface area contributed by atoms with Crippen molar-refractivity contribution in [3.63, 3.8) is 0 Å². The maximum absolute atomic E-state index is 13.4. The number of halogens is 4. The molecule has 0 saturated carbocycles. The molecule has 186 valence electrons. The molecule has 2 aromatic carbocycles. The zero-order valence-electron chi connectivity index (χ0n) is 18.8. The molecule has 2 aromatic heterocycles. The van der Waals surface area contributed by atoms with Gasteiger partial charge < -0.3 is 5.32 Å². The van der Waals surface area contributed by atoms with Gasteiger partial charge in [0, 0.05) is 19.7 Å². The summed E-state index contributed by atoms with van der Waals surface area (Å²) < 4.78 is 55.1. The Bertz CT molecular complexity index is 1600. The number of alkyl halides is 3. The van der Waals surface area contributed by atoms with Gasteiger partial charge in [0.15, 0.2) is 11.5 Å². The summed E-state index contributed by atoms with van der Waals surface area (Å²) in [6.45, 7) is 0. The Balaban J connectivity index is 1.74. The monoisotopic (exact) mass is 519 g/mol. The van der Waals surface area contributed by atoms with Crippen LogP contribution in [0, 0.1) is 5.82 Å². The van der Waals surface area contributed by atoms with Crippen molar-refractivity contribution in [3.05, 3.63) is 80.7 Å². The lowest BCUT2D eigenvalue weighted by atomic mass is 10.1. The van der Waals surface area contributed by atoms with Crippen LogP contribution in [0.5, 0.6) is 0 Å². The zero-order valence-corrected chi connectivity index (χ0v) is 19.6. The van der Waals surface area contributed by atoms with E-state index in [2.05, 4.69) is 15.3 Å². The Morgan fingerprint density at radius 1 is 1.00 bits per heavy atom. The summed E-state index contributed by atoms with van der Waals surface area (Å²) in [7, 11) is 2.67. The number of amides is 1. The predicted molar refractivity (Wildman–Crippen MR) is 126 cm³/mol. The van der Waals surface area contributed by atoms with Crippen LogP contribution in [0.3, 0.4) is 0 Å². The van der Waals surface area contributed by atoms with Crippen LogP contribution in [0.2, 0.25) is 0 Å². The number of thioether (sulfide) groups is 1. The quantitative estimate of drug-likeness (QED) is 0.246. The summed E-state index contributed by atoms with van der Waals surface area (Å²) in [5, 5.41) is 2.23. The highest BCUT2D eigenvalue weighted by molar-refractivity contribution is 8.00. The molecule has 0 aliphatic rings. The van der Waals surface area contributed by atoms with Gasteiger partial charge in [0.05, 0.1) is 17.0 Å². The number of aromatic nitrogens is 4. The minimum atomic E-state index is -4.67. The van der Waals surface area contributed by atoms with Crippen LogP contribution in [0.25, 0.3) is 22.4 Å². The number of carbonyl (C=O) groups is 1. The molecule has 0 radical (unpaired) electrons. The first kappa shape index (κ1) is 25.1. The molecule has 13 heteroatoms. The molecular weight excluding hydrogens is 502 g/mol. The van der Waals surface area contributed by atoms with Crippen molar-refractivity contribution in [2.45, 2.75) is 11.2 Å². The Morgan fingerprint density at radius 3 is 2.33 bits per heavy atom. The van der Waals surface area contributed by atoms with Gasteiger partial charge in [-0.25, -0.2) is 19.2 Å². The molecule has 1 N–H and O–H groups in total. The van der Waals surface area contributed by atoms with E-state index in [1.807, 2.05) is 0 Å². The van der Waals surface area contributed by atoms with Gasteiger partial charge in [-0.1, -0.05) is 23.9 Å². The molecule has 2 heterocycles. The minimum absolute atomic E-state index is 0.0113. The number of nitrogens with one attached hydrogen (secondary N) is 1. The van der Waals surface area contributed by atoms with Crippen LogP contribution in [0.15, 0.2) is 63.1 Å². The summed E-state index contributed by atoms with van der Waals surface area (Å²) in [4.78, 5) is 46.5. The number of rotatable bonds is 5. The number of para-hydroxylation sites is 1. The van der Waals surface area contributed by atoms with Crippen LogP contribution in [0.4, 0.5) is 23.2 Å². The largest absolute Gasteiger partial charge is 0.418 e. The fourth-order valence-corrected chi connectivity index (χ4v) is 4.23. The minimum Gasteiger partial charge on any atom is -0.325 e. The van der Waals surface area contributed by atoms with Gasteiger partial charge in [0.2, 0.25) is 5.91 Å². The van der Waals surface area contributed by atoms with Gasteiger partial charge in [-0.2, -0.15) is 13.2 Å². The SMILES string of the molecule is Cn1c(=O)c2c(SCC(=O)Nc3ccccc3C(F)(F)F)nc(-c3ccc(F)cc3)nc2n(C)c1=O. The molecule has 4 aromatic rings. The Kier molecular flexibility index (Phi) is 6.67. The number of fused-ring (bicyclic) bond motifs is 1. The maximum atomic E-state index is 13.4. The van der Waals surface area contributed by atoms with Crippen molar-refractivity contribution in [1.82, 2.24) is 19.1 Å². The average molecular weight is 519 g/mol. The van der Waals surface area contributed by atoms with Crippen LogP contribution in [-0.2, 0) is 25.1 Å². The third-order valence-corrected chi connectivity index (χ3v) is 6.19. The number of hydrogen-bond acceptors (Lipinski definition) is 6. The van der Waals surface area contributed by atoms with Gasteiger partial charge in [-0.3, -0.25) is 18.7 Å². The normalized spacial score (nSPS) is 11.6. The number of hydrogen-bond donors (Lipinski definition) is 1. The number of carbonyl (C=O) groups excluding carboxylic acids is 1. The van der Waals surface area contributed by atoms with E-state index in [-0.39, 0.29) is 21.9 Å². The molecule has 0 bridgehead atoms. The highest BCUT2D eigenvalue weighted by atomic mass is 32.2. The van der Waals surface area contributed by atoms with Crippen molar-refractivity contribution in [3.8, 4) is 11.4 Å². The van der Waals surface area contributed by atoms with Gasteiger partial charge in [-0.15, -0.1) is 0 Å². The fraction of sp³-hybridized carbons (Fsp3) is 0.174. The van der Waals surface area contributed by atoms with E-state index in [1.165, 1.54) is 50.5 Å². The molecule has 0 atom stereocenters. The molecule has 8 nitrogen and oxygen atoms in total. The maximum Gasteiger partial charge on any atom is 0.418 e. The van der Waals surface area contributed by atoms with E-state index >= 15 is 0 Å². The van der Waals surface area contributed by atoms with Crippen LogP contribution < -0.4 is 16.6 Å². The molecule has 4 rings (SSSR count). The lowest BCUT2D eigenvalue weighted by molar-refractivity contribution is -0.137. The third-order valence-electron chi connectivity index (χ3n) is 5.22. The Morgan fingerprint density at radius 2 is 1.67 bits per heavy atom. The van der Waals surface area contributed by atoms with Crippen molar-refractivity contribution in [1.29, 1.82) is 0 Å². The van der Waals surface area contributed by atoms with E-state index in [0.717, 1.165) is 33.0 Å². The smallest absolute Gasteiger partial charge is 0.325 e. The molecule has 36 heavy (non-hydrogen) atoms. The van der Waals surface area contributed by atoms with Crippen LogP contribution in [-0.4, -0.2) is 30.8 Å². The number of benzene rings is 2. The second kappa shape index (κ2) is 9.57. The van der Waals surface area contributed by atoms with Gasteiger partial charge in [0.25, 0.3) is 5.56 Å². The number of nitrogens with zero attached hydrogens (tertiary/aromatic N) is 4. The van der Waals surface area contributed by atoms with E-state index in [0.29, 0.717) is 5.56 Å². The first-order chi connectivity index (χ1) is 17.0. The van der Waals surface area contributed by atoms with Gasteiger partial charge >= 0.3 is 11.9 Å². The zero-order chi connectivity index (χ0) is 26.2. The molecule has 0 spiro atoms. The summed E-state index contributed by atoms with van der Waals surface area (Å²) in [6.07, 6.45) is -4.67. The van der Waals surface area contributed by atoms with Crippen molar-refractivity contribution in [2.24, 2.45) is 14.1 Å². The third kappa shape index (κ3) is 4.87. The summed E-state index contributed by atoms with van der Waals surface area (Å²) in [5.74, 6) is -1.59. The highest BCUT2D eigenvalue weighted by Crippen LogP contribution is 2.35. The van der Waals surface area contributed by atoms with Crippen LogP contribution >= 0.6 is 11.8 Å². The average Bonchev–Trinajstić information content (AvgIpc) is 2.84. The van der Waals surface area contributed by atoms with Crippen molar-refractivity contribution < 1.29 is 22.4 Å². The standard InChI is InChI=1S/C23H17F4N5O3S/c1-31-19-17(21(34)32(2)22(31)35)20(30-18(29-19)12-7-9-13(24)10-8-12)36-11-16(33)28-15-6-4-3-5-14(15)23(25,26)27/h3-10H,11H2,1-2H3,(H,28,33). The molecule has 0 aliphatic heterocycles. The molecule has 0 saturated heterocycles. The van der Waals surface area contributed by atoms with E-state index < -0.39 is 46.2 Å². The Labute approximate surface area is 204 Å². The fourth-order valence-electron chi connectivity index (χ4n) is 3.42. The summed E-state index contributed by atoms with van der Waals surface area (Å²) in [5.41, 5.74) is -2.39. The number of anilines is 1. The first-order valence-corrected chi connectivity index (χ1v) is 11.3. The first-order valence-electron chi connectivity index (χ1n) is 10.3. The van der Waals surface area contributed by atoms with Gasteiger partial charge in [-0.05, 0) is 36.4 Å². The summed E-state index contributed by atoms with van der Waals surface area (Å²) >= 11 is 0.793. The molecular formula is C23H17F4N5O3S. The lowest BCUT2D eigenvalue weighted by Crippen LogP contribution is -2.37. The molecule has 0 fully saturated rings. The van der Waals surface area contributed by atoms with Crippen LogP contribution in [0.1, 0.15) is 5.56 Å². The number of aryl methyl sites for hydroxylation is 1. The van der Waals surface area contributed by atoms with Crippen molar-refractivity contribution in [2.75, 3.05) is 11.1 Å². The summed E-state index contributed by atoms with van der Waals surface area (Å²) in [6, 6.07) is 9.72. The predicted octanol–water partition coefficient (Wildman–Crippen LogP) is 3.58. The highest BCUT2D eigenvalue weighted by Gasteiger charge is 2.33. The molecule has 1 amide bonds. The second-order valence-electron chi connectivity index (χ2n) is 7.64. The Hall–Kier alpha value is -4.00. The van der Waals surface area contributed by atoms with E-state index in [1.54, 1.807) is 0 Å². The van der Waals surface area contributed by atoms with E-state index in [9.17, 15) is 31.9 Å². The van der Waals surface area contributed by atoms with Crippen molar-refractivity contribution >= 4 is 34.4 Å². The topological polar surface area (TPSA) is 98.9 Å². The van der Waals surface area contributed by atoms with Gasteiger partial charge in [0.1, 0.15) is 16.2 Å². The molecule has 0 unspecified atom stereocenters. The second-order valence-corrected chi connectivity index (χ2v) is 8.61.